The molecule has 0 N–H and O–H groups in total. The van der Waals surface area contributed by atoms with Gasteiger partial charge >= 0.3 is 0 Å². The van der Waals surface area contributed by atoms with Gasteiger partial charge in [-0.2, -0.15) is 0 Å². The van der Waals surface area contributed by atoms with Gasteiger partial charge in [0.05, 0.1) is 20.3 Å². The van der Waals surface area contributed by atoms with Crippen LogP contribution in [0.15, 0.2) is 41.1 Å². The molecule has 0 aliphatic heterocycles. The third-order valence-corrected chi connectivity index (χ3v) is 4.33. The van der Waals surface area contributed by atoms with E-state index in [0.29, 0.717) is 0 Å². The first-order chi connectivity index (χ1) is 8.63. The van der Waals surface area contributed by atoms with Crippen molar-refractivity contribution in [1.82, 2.24) is 4.98 Å². The molecule has 0 aliphatic carbocycles. The van der Waals surface area contributed by atoms with Gasteiger partial charge in [0, 0.05) is 0 Å². The van der Waals surface area contributed by atoms with E-state index in [-0.39, 0.29) is 0 Å². The zero-order valence-electron chi connectivity index (χ0n) is 10.1. The third kappa shape index (κ3) is 2.06. The Morgan fingerprint density at radius 2 is 2.11 bits per heavy atom. The first-order valence-corrected chi connectivity index (χ1v) is 7.27. The highest BCUT2D eigenvalue weighted by molar-refractivity contribution is 9.10. The van der Waals surface area contributed by atoms with Gasteiger partial charge < -0.3 is 0 Å². The van der Waals surface area contributed by atoms with Crippen molar-refractivity contribution in [3.05, 3.63) is 46.7 Å². The normalized spacial score (nSPS) is 11.1. The third-order valence-electron chi connectivity index (χ3n) is 2.83. The summed E-state index contributed by atoms with van der Waals surface area (Å²) in [6, 6.07) is 8.42. The van der Waals surface area contributed by atoms with Gasteiger partial charge in [-0.25, -0.2) is 9.55 Å². The molecule has 0 unspecified atom stereocenters. The molecule has 18 heavy (non-hydrogen) atoms. The van der Waals surface area contributed by atoms with Crippen LogP contribution in [-0.4, -0.2) is 4.98 Å². The molecule has 4 heteroatoms. The summed E-state index contributed by atoms with van der Waals surface area (Å²) in [5, 5.41) is 1.07. The first kappa shape index (κ1) is 11.8. The summed E-state index contributed by atoms with van der Waals surface area (Å²) in [6.07, 6.45) is 4.12. The van der Waals surface area contributed by atoms with Crippen molar-refractivity contribution in [3.8, 4) is 10.6 Å². The van der Waals surface area contributed by atoms with E-state index in [2.05, 4.69) is 53.3 Å². The molecule has 0 atom stereocenters. The molecule has 0 aliphatic rings. The predicted molar refractivity (Wildman–Crippen MR) is 78.7 cm³/mol. The Bertz CT molecular complexity index is 713. The minimum atomic E-state index is 1.07. The predicted octanol–water partition coefficient (Wildman–Crippen LogP) is 3.86. The van der Waals surface area contributed by atoms with Crippen LogP contribution in [0.5, 0.6) is 0 Å². The Balaban J connectivity index is 2.22. The number of nitrogens with zero attached hydrogens (tertiary/aromatic N) is 2. The zero-order valence-corrected chi connectivity index (χ0v) is 12.5. The van der Waals surface area contributed by atoms with Crippen LogP contribution < -0.4 is 4.57 Å². The van der Waals surface area contributed by atoms with Crippen LogP contribution in [0.3, 0.4) is 0 Å². The van der Waals surface area contributed by atoms with Crippen LogP contribution in [0, 0.1) is 6.92 Å². The number of aromatic nitrogens is 2. The van der Waals surface area contributed by atoms with E-state index in [9.17, 15) is 0 Å². The molecule has 0 saturated carbocycles. The zero-order chi connectivity index (χ0) is 12.7. The van der Waals surface area contributed by atoms with E-state index in [4.69, 9.17) is 4.98 Å². The van der Waals surface area contributed by atoms with Gasteiger partial charge in [0.25, 0.3) is 0 Å². The molecule has 1 aromatic carbocycles. The summed E-state index contributed by atoms with van der Waals surface area (Å²) in [5.41, 5.74) is 3.49. The molecular weight excluding hydrogens is 308 g/mol. The molecule has 0 spiro atoms. The number of thiazole rings is 1. The molecule has 2 nitrogen and oxygen atoms in total. The SMILES string of the molecule is Cc1cccc2sc(-c3cc(Br)c[n+](C)c3)nc12. The fourth-order valence-electron chi connectivity index (χ4n) is 2.00. The van der Waals surface area contributed by atoms with Gasteiger partial charge in [0.2, 0.25) is 0 Å². The minimum absolute atomic E-state index is 1.07. The fourth-order valence-corrected chi connectivity index (χ4v) is 3.60. The number of hydrogen-bond acceptors (Lipinski definition) is 2. The van der Waals surface area contributed by atoms with Gasteiger partial charge in [0.15, 0.2) is 12.4 Å². The minimum Gasteiger partial charge on any atom is -0.236 e. The van der Waals surface area contributed by atoms with Crippen molar-refractivity contribution >= 4 is 37.5 Å². The number of rotatable bonds is 1. The summed E-state index contributed by atoms with van der Waals surface area (Å²) >= 11 is 5.26. The Kier molecular flexibility index (Phi) is 2.92. The molecule has 2 heterocycles. The van der Waals surface area contributed by atoms with Gasteiger partial charge in [-0.05, 0) is 40.5 Å². The Hall–Kier alpha value is -1.26. The maximum absolute atomic E-state index is 4.75. The van der Waals surface area contributed by atoms with Crippen molar-refractivity contribution in [2.24, 2.45) is 7.05 Å². The average Bonchev–Trinajstić information content (AvgIpc) is 2.73. The van der Waals surface area contributed by atoms with Crippen molar-refractivity contribution in [2.75, 3.05) is 0 Å². The van der Waals surface area contributed by atoms with E-state index in [1.807, 2.05) is 17.8 Å². The summed E-state index contributed by atoms with van der Waals surface area (Å²) < 4.78 is 4.35. The monoisotopic (exact) mass is 319 g/mol. The van der Waals surface area contributed by atoms with E-state index in [0.717, 1.165) is 20.6 Å². The second kappa shape index (κ2) is 4.44. The Labute approximate surface area is 118 Å². The topological polar surface area (TPSA) is 16.8 Å². The lowest BCUT2D eigenvalue weighted by molar-refractivity contribution is -0.671. The van der Waals surface area contributed by atoms with E-state index >= 15 is 0 Å². The quantitative estimate of drug-likeness (QED) is 0.622. The molecule has 0 amide bonds. The summed E-state index contributed by atoms with van der Waals surface area (Å²) in [5.74, 6) is 0. The summed E-state index contributed by atoms with van der Waals surface area (Å²) in [7, 11) is 2.02. The lowest BCUT2D eigenvalue weighted by Gasteiger charge is -1.95. The second-order valence-electron chi connectivity index (χ2n) is 4.35. The number of halogens is 1. The van der Waals surface area contributed by atoms with Crippen LogP contribution >= 0.6 is 27.3 Å². The van der Waals surface area contributed by atoms with Crippen LogP contribution in [0.25, 0.3) is 20.8 Å². The number of aryl methyl sites for hydroxylation is 2. The lowest BCUT2D eigenvalue weighted by Crippen LogP contribution is -2.26. The van der Waals surface area contributed by atoms with Crippen LogP contribution in [-0.2, 0) is 7.05 Å². The number of pyridine rings is 1. The van der Waals surface area contributed by atoms with Crippen LogP contribution in [0.2, 0.25) is 0 Å². The molecule has 90 valence electrons. The van der Waals surface area contributed by atoms with Gasteiger partial charge in [0.1, 0.15) is 12.1 Å². The van der Waals surface area contributed by atoms with Crippen molar-refractivity contribution in [3.63, 3.8) is 0 Å². The summed E-state index contributed by atoms with van der Waals surface area (Å²) in [4.78, 5) is 4.75. The lowest BCUT2D eigenvalue weighted by atomic mass is 10.2. The molecule has 2 aromatic heterocycles. The number of hydrogen-bond donors (Lipinski definition) is 0. The molecule has 0 bridgehead atoms. The Morgan fingerprint density at radius 1 is 1.28 bits per heavy atom. The smallest absolute Gasteiger partial charge is 0.182 e. The second-order valence-corrected chi connectivity index (χ2v) is 6.30. The summed E-state index contributed by atoms with van der Waals surface area (Å²) in [6.45, 7) is 2.10. The molecular formula is C14H12BrN2S+. The highest BCUT2D eigenvalue weighted by Gasteiger charge is 2.11. The van der Waals surface area contributed by atoms with Crippen LogP contribution in [0.1, 0.15) is 5.56 Å². The Morgan fingerprint density at radius 3 is 2.83 bits per heavy atom. The first-order valence-electron chi connectivity index (χ1n) is 5.66. The van der Waals surface area contributed by atoms with Gasteiger partial charge in [-0.3, -0.25) is 0 Å². The van der Waals surface area contributed by atoms with E-state index in [1.165, 1.54) is 10.3 Å². The molecule has 3 rings (SSSR count). The van der Waals surface area contributed by atoms with Gasteiger partial charge in [-0.15, -0.1) is 11.3 Å². The average molecular weight is 320 g/mol. The highest BCUT2D eigenvalue weighted by Crippen LogP contribution is 2.31. The molecule has 0 fully saturated rings. The maximum Gasteiger partial charge on any atom is 0.182 e. The van der Waals surface area contributed by atoms with Crippen LogP contribution in [0.4, 0.5) is 0 Å². The number of para-hydroxylation sites is 1. The van der Waals surface area contributed by atoms with Crippen molar-refractivity contribution < 1.29 is 4.57 Å². The van der Waals surface area contributed by atoms with E-state index in [1.54, 1.807) is 11.3 Å². The van der Waals surface area contributed by atoms with Gasteiger partial charge in [-0.1, -0.05) is 12.1 Å². The maximum atomic E-state index is 4.75. The van der Waals surface area contributed by atoms with Crippen molar-refractivity contribution in [2.45, 2.75) is 6.92 Å². The number of benzene rings is 1. The standard InChI is InChI=1S/C14H12BrN2S/c1-9-4-3-5-12-13(9)16-14(18-12)10-6-11(15)8-17(2)7-10/h3-8H,1-2H3/q+1. The molecule has 0 radical (unpaired) electrons. The largest absolute Gasteiger partial charge is 0.236 e. The highest BCUT2D eigenvalue weighted by atomic mass is 79.9. The fraction of sp³-hybridized carbons (Fsp3) is 0.143. The van der Waals surface area contributed by atoms with E-state index < -0.39 is 0 Å². The molecule has 3 aromatic rings. The van der Waals surface area contributed by atoms with Crippen molar-refractivity contribution in [1.29, 1.82) is 0 Å². The molecule has 0 saturated heterocycles. The number of fused-ring (bicyclic) bond motifs is 1.